The van der Waals surface area contributed by atoms with Crippen LogP contribution in [0, 0.1) is 11.7 Å². The summed E-state index contributed by atoms with van der Waals surface area (Å²) in [5.41, 5.74) is 8.92. The Bertz CT molecular complexity index is 1090. The maximum absolute atomic E-state index is 14.0. The van der Waals surface area contributed by atoms with Crippen LogP contribution in [0.5, 0.6) is 5.75 Å². The maximum Gasteiger partial charge on any atom is 0.170 e. The molecule has 1 heterocycles. The van der Waals surface area contributed by atoms with Gasteiger partial charge in [0.2, 0.25) is 0 Å². The SMILES string of the molecule is NCCC1CCC(Nc2c(C=O)cnc3ccc(-c4cc(F)c(O)c(Cl)c4)cc23)CC1. The number of fused-ring (bicyclic) bond motifs is 1. The van der Waals surface area contributed by atoms with Crippen molar-refractivity contribution in [1.29, 1.82) is 0 Å². The molecule has 1 aliphatic rings. The van der Waals surface area contributed by atoms with Crippen LogP contribution < -0.4 is 11.1 Å². The van der Waals surface area contributed by atoms with Gasteiger partial charge < -0.3 is 16.2 Å². The smallest absolute Gasteiger partial charge is 0.170 e. The molecule has 2 aromatic carbocycles. The van der Waals surface area contributed by atoms with Crippen molar-refractivity contribution in [3.05, 3.63) is 52.9 Å². The van der Waals surface area contributed by atoms with Crippen LogP contribution in [0.3, 0.4) is 0 Å². The Morgan fingerprint density at radius 3 is 2.65 bits per heavy atom. The number of aromatic hydroxyl groups is 1. The molecule has 0 amide bonds. The van der Waals surface area contributed by atoms with Crippen molar-refractivity contribution in [3.8, 4) is 16.9 Å². The molecular weight excluding hydrogens is 417 g/mol. The van der Waals surface area contributed by atoms with Gasteiger partial charge in [-0.1, -0.05) is 17.7 Å². The monoisotopic (exact) mass is 441 g/mol. The van der Waals surface area contributed by atoms with Crippen molar-refractivity contribution in [1.82, 2.24) is 4.98 Å². The third-order valence-corrected chi connectivity index (χ3v) is 6.43. The van der Waals surface area contributed by atoms with Gasteiger partial charge >= 0.3 is 0 Å². The summed E-state index contributed by atoms with van der Waals surface area (Å²) in [6, 6.07) is 8.55. The van der Waals surface area contributed by atoms with Crippen molar-refractivity contribution < 1.29 is 14.3 Å². The van der Waals surface area contributed by atoms with E-state index in [1.807, 2.05) is 18.2 Å². The van der Waals surface area contributed by atoms with Crippen LogP contribution in [-0.4, -0.2) is 29.0 Å². The molecule has 4 rings (SSSR count). The van der Waals surface area contributed by atoms with Gasteiger partial charge in [-0.05, 0) is 80.0 Å². The van der Waals surface area contributed by atoms with E-state index in [2.05, 4.69) is 10.3 Å². The molecule has 162 valence electrons. The van der Waals surface area contributed by atoms with Gasteiger partial charge in [-0.25, -0.2) is 4.39 Å². The van der Waals surface area contributed by atoms with Crippen molar-refractivity contribution >= 4 is 34.5 Å². The number of pyridine rings is 1. The van der Waals surface area contributed by atoms with E-state index in [4.69, 9.17) is 17.3 Å². The minimum Gasteiger partial charge on any atom is -0.504 e. The zero-order valence-electron chi connectivity index (χ0n) is 17.1. The first kappa shape index (κ1) is 21.5. The highest BCUT2D eigenvalue weighted by molar-refractivity contribution is 6.32. The number of phenols is 1. The number of anilines is 1. The number of halogens is 2. The molecule has 1 aromatic heterocycles. The number of carbonyl (C=O) groups is 1. The number of nitrogens with one attached hydrogen (secondary N) is 1. The van der Waals surface area contributed by atoms with E-state index >= 15 is 0 Å². The molecule has 5 nitrogen and oxygen atoms in total. The van der Waals surface area contributed by atoms with Crippen molar-refractivity contribution in [3.63, 3.8) is 0 Å². The Morgan fingerprint density at radius 2 is 1.97 bits per heavy atom. The van der Waals surface area contributed by atoms with E-state index in [-0.39, 0.29) is 11.1 Å². The fourth-order valence-corrected chi connectivity index (χ4v) is 4.61. The number of nitrogens with two attached hydrogens (primary N) is 1. The topological polar surface area (TPSA) is 88.2 Å². The number of aromatic nitrogens is 1. The Kier molecular flexibility index (Phi) is 6.39. The molecule has 0 saturated heterocycles. The summed E-state index contributed by atoms with van der Waals surface area (Å²) in [7, 11) is 0. The molecule has 3 aromatic rings. The molecule has 0 radical (unpaired) electrons. The summed E-state index contributed by atoms with van der Waals surface area (Å²) in [5, 5.41) is 13.9. The summed E-state index contributed by atoms with van der Waals surface area (Å²) in [4.78, 5) is 16.1. The molecular formula is C24H25ClFN3O2. The largest absolute Gasteiger partial charge is 0.504 e. The highest BCUT2D eigenvalue weighted by atomic mass is 35.5. The Labute approximate surface area is 185 Å². The molecule has 7 heteroatoms. The van der Waals surface area contributed by atoms with Crippen LogP contribution in [0.1, 0.15) is 42.5 Å². The molecule has 0 unspecified atom stereocenters. The number of hydrogen-bond donors (Lipinski definition) is 3. The maximum atomic E-state index is 14.0. The van der Waals surface area contributed by atoms with Crippen molar-refractivity contribution in [2.45, 2.75) is 38.1 Å². The van der Waals surface area contributed by atoms with Gasteiger partial charge in [0.1, 0.15) is 0 Å². The van der Waals surface area contributed by atoms with E-state index in [0.29, 0.717) is 22.6 Å². The first-order valence-electron chi connectivity index (χ1n) is 10.5. The molecule has 0 spiro atoms. The first-order chi connectivity index (χ1) is 15.0. The molecule has 0 atom stereocenters. The van der Waals surface area contributed by atoms with Crippen LogP contribution in [0.15, 0.2) is 36.5 Å². The highest BCUT2D eigenvalue weighted by Crippen LogP contribution is 2.36. The number of rotatable bonds is 6. The lowest BCUT2D eigenvalue weighted by molar-refractivity contribution is 0.112. The summed E-state index contributed by atoms with van der Waals surface area (Å²) in [5.74, 6) is -0.679. The number of nitrogens with zero attached hydrogens (tertiary/aromatic N) is 1. The quantitative estimate of drug-likeness (QED) is 0.437. The lowest BCUT2D eigenvalue weighted by atomic mass is 9.84. The van der Waals surface area contributed by atoms with Crippen molar-refractivity contribution in [2.24, 2.45) is 11.7 Å². The Morgan fingerprint density at radius 1 is 1.19 bits per heavy atom. The van der Waals surface area contributed by atoms with Gasteiger partial charge in [-0.3, -0.25) is 9.78 Å². The fourth-order valence-electron chi connectivity index (χ4n) is 4.41. The molecule has 0 aliphatic heterocycles. The highest BCUT2D eigenvalue weighted by Gasteiger charge is 2.22. The van der Waals surface area contributed by atoms with Crippen LogP contribution in [0.4, 0.5) is 10.1 Å². The van der Waals surface area contributed by atoms with Crippen LogP contribution in [0.2, 0.25) is 5.02 Å². The standard InChI is InChI=1S/C24H25ClFN3O2/c25-20-10-16(11-21(26)24(20)31)15-3-6-22-19(9-15)23(17(13-30)12-28-22)29-18-4-1-14(2-5-18)7-8-27/h3,6,9-14,18,31H,1-2,4-5,7-8,27H2,(H,28,29). The summed E-state index contributed by atoms with van der Waals surface area (Å²) in [6.45, 7) is 0.720. The van der Waals surface area contributed by atoms with Gasteiger partial charge in [-0.2, -0.15) is 0 Å². The van der Waals surface area contributed by atoms with E-state index in [0.717, 1.165) is 61.5 Å². The number of hydrogen-bond acceptors (Lipinski definition) is 5. The van der Waals surface area contributed by atoms with Gasteiger partial charge in [0, 0.05) is 17.6 Å². The van der Waals surface area contributed by atoms with Crippen LogP contribution >= 0.6 is 11.6 Å². The molecule has 0 bridgehead atoms. The Hall–Kier alpha value is -2.70. The predicted molar refractivity (Wildman–Crippen MR) is 122 cm³/mol. The minimum atomic E-state index is -0.782. The van der Waals surface area contributed by atoms with Crippen LogP contribution in [0.25, 0.3) is 22.0 Å². The lowest BCUT2D eigenvalue weighted by Gasteiger charge is -2.30. The first-order valence-corrected chi connectivity index (χ1v) is 10.9. The summed E-state index contributed by atoms with van der Waals surface area (Å²) < 4.78 is 14.0. The number of aldehydes is 1. The Balaban J connectivity index is 1.71. The molecule has 31 heavy (non-hydrogen) atoms. The summed E-state index contributed by atoms with van der Waals surface area (Å²) in [6.07, 6.45) is 7.71. The van der Waals surface area contributed by atoms with E-state index < -0.39 is 11.6 Å². The third-order valence-electron chi connectivity index (χ3n) is 6.14. The van der Waals surface area contributed by atoms with Crippen LogP contribution in [-0.2, 0) is 0 Å². The van der Waals surface area contributed by atoms with E-state index in [1.165, 1.54) is 12.1 Å². The van der Waals surface area contributed by atoms with Crippen molar-refractivity contribution in [2.75, 3.05) is 11.9 Å². The second kappa shape index (κ2) is 9.20. The number of benzene rings is 2. The predicted octanol–water partition coefficient (Wildman–Crippen LogP) is 5.53. The third kappa shape index (κ3) is 4.50. The summed E-state index contributed by atoms with van der Waals surface area (Å²) >= 11 is 5.96. The zero-order valence-corrected chi connectivity index (χ0v) is 17.8. The normalized spacial score (nSPS) is 18.8. The number of phenolic OH excluding ortho intramolecular Hbond substituents is 1. The van der Waals surface area contributed by atoms with E-state index in [1.54, 1.807) is 6.20 Å². The van der Waals surface area contributed by atoms with Gasteiger partial charge in [0.25, 0.3) is 0 Å². The average molecular weight is 442 g/mol. The van der Waals surface area contributed by atoms with E-state index in [9.17, 15) is 14.3 Å². The lowest BCUT2D eigenvalue weighted by Crippen LogP contribution is -2.27. The fraction of sp³-hybridized carbons (Fsp3) is 0.333. The van der Waals surface area contributed by atoms with Gasteiger partial charge in [0.15, 0.2) is 17.9 Å². The minimum absolute atomic E-state index is 0.0533. The molecule has 1 fully saturated rings. The average Bonchev–Trinajstić information content (AvgIpc) is 2.78. The molecule has 4 N–H and O–H groups in total. The molecule has 1 aliphatic carbocycles. The zero-order chi connectivity index (χ0) is 22.0. The molecule has 1 saturated carbocycles. The second-order valence-corrected chi connectivity index (χ2v) is 8.57. The van der Waals surface area contributed by atoms with Gasteiger partial charge in [0.05, 0.1) is 21.8 Å². The van der Waals surface area contributed by atoms with Gasteiger partial charge in [-0.15, -0.1) is 0 Å². The number of carbonyl (C=O) groups excluding carboxylic acids is 1. The second-order valence-electron chi connectivity index (χ2n) is 8.17.